The summed E-state index contributed by atoms with van der Waals surface area (Å²) in [6.07, 6.45) is 0. The van der Waals surface area contributed by atoms with Crippen molar-refractivity contribution in [1.29, 1.82) is 0 Å². The smallest absolute Gasteiger partial charge is 0.354 e. The van der Waals surface area contributed by atoms with Gasteiger partial charge in [-0.3, -0.25) is 0 Å². The van der Waals surface area contributed by atoms with Crippen LogP contribution in [0.4, 0.5) is 0 Å². The average Bonchev–Trinajstić information content (AvgIpc) is 2.63. The van der Waals surface area contributed by atoms with Gasteiger partial charge in [-0.25, -0.2) is 4.79 Å². The van der Waals surface area contributed by atoms with Gasteiger partial charge in [0.25, 0.3) is 0 Å². The number of aromatic nitrogens is 1. The number of methoxy groups -OCH3 is 1. The first kappa shape index (κ1) is 10.6. The predicted octanol–water partition coefficient (Wildman–Crippen LogP) is 1.54. The number of esters is 1. The first-order valence-electron chi connectivity index (χ1n) is 4.77. The molecular formula is C10H13NO3S. The Hall–Kier alpha value is -0.940. The van der Waals surface area contributed by atoms with E-state index >= 15 is 0 Å². The highest BCUT2D eigenvalue weighted by molar-refractivity contribution is 7.99. The van der Waals surface area contributed by atoms with Gasteiger partial charge in [-0.1, -0.05) is 0 Å². The molecule has 5 heteroatoms. The molecule has 1 saturated heterocycles. The minimum atomic E-state index is -0.325. The van der Waals surface area contributed by atoms with Crippen molar-refractivity contribution in [2.75, 3.05) is 26.1 Å². The van der Waals surface area contributed by atoms with Crippen LogP contribution < -0.4 is 0 Å². The molecule has 1 aliphatic rings. The van der Waals surface area contributed by atoms with E-state index in [-0.39, 0.29) is 5.97 Å². The van der Waals surface area contributed by atoms with Crippen LogP contribution in [-0.2, 0) is 9.47 Å². The van der Waals surface area contributed by atoms with Crippen LogP contribution in [0.25, 0.3) is 0 Å². The number of hydrogen-bond acceptors (Lipinski definition) is 4. The van der Waals surface area contributed by atoms with Crippen LogP contribution in [0.3, 0.4) is 0 Å². The summed E-state index contributed by atoms with van der Waals surface area (Å²) in [6.45, 7) is 1.72. The molecule has 0 aromatic carbocycles. The van der Waals surface area contributed by atoms with Gasteiger partial charge < -0.3 is 14.5 Å². The van der Waals surface area contributed by atoms with Crippen LogP contribution in [0.5, 0.6) is 0 Å². The van der Waals surface area contributed by atoms with Crippen molar-refractivity contribution in [2.45, 2.75) is 5.03 Å². The Morgan fingerprint density at radius 1 is 1.67 bits per heavy atom. The maximum absolute atomic E-state index is 11.1. The minimum absolute atomic E-state index is 0.325. The van der Waals surface area contributed by atoms with E-state index in [1.807, 2.05) is 6.07 Å². The van der Waals surface area contributed by atoms with Crippen LogP contribution in [0.1, 0.15) is 10.5 Å². The number of carbonyl (C=O) groups excluding carboxylic acids is 1. The molecule has 4 nitrogen and oxygen atoms in total. The lowest BCUT2D eigenvalue weighted by molar-refractivity contribution is -0.0196. The number of rotatable bonds is 4. The second kappa shape index (κ2) is 4.72. The highest BCUT2D eigenvalue weighted by atomic mass is 32.2. The van der Waals surface area contributed by atoms with E-state index in [4.69, 9.17) is 4.74 Å². The molecule has 0 unspecified atom stereocenters. The van der Waals surface area contributed by atoms with Crippen LogP contribution in [0.2, 0.25) is 0 Å². The quantitative estimate of drug-likeness (QED) is 0.626. The summed E-state index contributed by atoms with van der Waals surface area (Å²) in [5.41, 5.74) is 0.504. The van der Waals surface area contributed by atoms with Gasteiger partial charge in [-0.15, -0.1) is 11.8 Å². The van der Waals surface area contributed by atoms with E-state index in [1.165, 1.54) is 7.11 Å². The Kier molecular flexibility index (Phi) is 3.33. The zero-order valence-electron chi connectivity index (χ0n) is 8.49. The monoisotopic (exact) mass is 227 g/mol. The molecule has 1 aromatic rings. The second-order valence-electron chi connectivity index (χ2n) is 3.44. The van der Waals surface area contributed by atoms with Gasteiger partial charge in [0.1, 0.15) is 5.69 Å². The third kappa shape index (κ3) is 2.54. The SMILES string of the molecule is COC(=O)c1ccc(SCC2COC2)[nH]1. The fourth-order valence-electron chi connectivity index (χ4n) is 1.28. The molecule has 0 bridgehead atoms. The van der Waals surface area contributed by atoms with Crippen molar-refractivity contribution in [1.82, 2.24) is 4.98 Å². The van der Waals surface area contributed by atoms with Crippen LogP contribution >= 0.6 is 11.8 Å². The summed E-state index contributed by atoms with van der Waals surface area (Å²) in [5.74, 6) is 1.36. The van der Waals surface area contributed by atoms with Crippen molar-refractivity contribution < 1.29 is 14.3 Å². The van der Waals surface area contributed by atoms with Gasteiger partial charge in [0.2, 0.25) is 0 Å². The first-order valence-corrected chi connectivity index (χ1v) is 5.76. The molecule has 82 valence electrons. The van der Waals surface area contributed by atoms with E-state index < -0.39 is 0 Å². The standard InChI is InChI=1S/C10H13NO3S/c1-13-10(12)8-2-3-9(11-8)15-6-7-4-14-5-7/h2-3,7,11H,4-6H2,1H3. The van der Waals surface area contributed by atoms with Gasteiger partial charge >= 0.3 is 5.97 Å². The second-order valence-corrected chi connectivity index (χ2v) is 4.50. The highest BCUT2D eigenvalue weighted by Crippen LogP contribution is 2.23. The molecular weight excluding hydrogens is 214 g/mol. The summed E-state index contributed by atoms with van der Waals surface area (Å²) >= 11 is 1.71. The number of ether oxygens (including phenoxy) is 2. The zero-order chi connectivity index (χ0) is 10.7. The molecule has 2 rings (SSSR count). The Morgan fingerprint density at radius 3 is 3.07 bits per heavy atom. The molecule has 1 aliphatic heterocycles. The predicted molar refractivity (Wildman–Crippen MR) is 57.2 cm³/mol. The van der Waals surface area contributed by atoms with Crippen molar-refractivity contribution in [3.63, 3.8) is 0 Å². The molecule has 0 spiro atoms. The lowest BCUT2D eigenvalue weighted by Crippen LogP contribution is -2.29. The fourth-order valence-corrected chi connectivity index (χ4v) is 2.23. The maximum Gasteiger partial charge on any atom is 0.354 e. The van der Waals surface area contributed by atoms with Crippen molar-refractivity contribution >= 4 is 17.7 Å². The van der Waals surface area contributed by atoms with E-state index in [0.717, 1.165) is 24.0 Å². The molecule has 0 atom stereocenters. The first-order chi connectivity index (χ1) is 7.29. The molecule has 2 heterocycles. The molecule has 1 N–H and O–H groups in total. The number of hydrogen-bond donors (Lipinski definition) is 1. The topological polar surface area (TPSA) is 51.3 Å². The maximum atomic E-state index is 11.1. The number of nitrogens with one attached hydrogen (secondary N) is 1. The normalized spacial score (nSPS) is 16.1. The average molecular weight is 227 g/mol. The Morgan fingerprint density at radius 2 is 2.47 bits per heavy atom. The molecule has 15 heavy (non-hydrogen) atoms. The summed E-state index contributed by atoms with van der Waals surface area (Å²) in [4.78, 5) is 14.2. The van der Waals surface area contributed by atoms with Gasteiger partial charge in [-0.2, -0.15) is 0 Å². The molecule has 1 aromatic heterocycles. The third-order valence-electron chi connectivity index (χ3n) is 2.25. The summed E-state index contributed by atoms with van der Waals surface area (Å²) < 4.78 is 9.69. The number of H-pyrrole nitrogens is 1. The summed E-state index contributed by atoms with van der Waals surface area (Å²) in [7, 11) is 1.38. The number of thioether (sulfide) groups is 1. The van der Waals surface area contributed by atoms with Crippen LogP contribution in [-0.4, -0.2) is 37.0 Å². The van der Waals surface area contributed by atoms with Crippen molar-refractivity contribution in [2.24, 2.45) is 5.92 Å². The largest absolute Gasteiger partial charge is 0.464 e. The van der Waals surface area contributed by atoms with Gasteiger partial charge in [0.05, 0.1) is 25.3 Å². The van der Waals surface area contributed by atoms with Gasteiger partial charge in [0.15, 0.2) is 0 Å². The van der Waals surface area contributed by atoms with Crippen LogP contribution in [0, 0.1) is 5.92 Å². The summed E-state index contributed by atoms with van der Waals surface area (Å²) in [5, 5.41) is 1.00. The van der Waals surface area contributed by atoms with Gasteiger partial charge in [0, 0.05) is 11.7 Å². The van der Waals surface area contributed by atoms with E-state index in [9.17, 15) is 4.79 Å². The zero-order valence-corrected chi connectivity index (χ0v) is 9.30. The Labute approximate surface area is 92.3 Å². The van der Waals surface area contributed by atoms with E-state index in [0.29, 0.717) is 11.6 Å². The van der Waals surface area contributed by atoms with E-state index in [1.54, 1.807) is 17.8 Å². The molecule has 0 aliphatic carbocycles. The fraction of sp³-hybridized carbons (Fsp3) is 0.500. The highest BCUT2D eigenvalue weighted by Gasteiger charge is 2.18. The Bertz CT molecular complexity index is 346. The van der Waals surface area contributed by atoms with Crippen LogP contribution in [0.15, 0.2) is 17.2 Å². The lowest BCUT2D eigenvalue weighted by atomic mass is 10.1. The molecule has 0 amide bonds. The minimum Gasteiger partial charge on any atom is -0.464 e. The molecule has 1 fully saturated rings. The van der Waals surface area contributed by atoms with Gasteiger partial charge in [-0.05, 0) is 12.1 Å². The van der Waals surface area contributed by atoms with Crippen molar-refractivity contribution in [3.8, 4) is 0 Å². The molecule has 0 radical (unpaired) electrons. The third-order valence-corrected chi connectivity index (χ3v) is 3.43. The van der Waals surface area contributed by atoms with E-state index in [2.05, 4.69) is 9.72 Å². The molecule has 0 saturated carbocycles. The number of carbonyl (C=O) groups is 1. The lowest BCUT2D eigenvalue weighted by Gasteiger charge is -2.24. The Balaban J connectivity index is 1.86. The number of aromatic amines is 1. The van der Waals surface area contributed by atoms with Crippen molar-refractivity contribution in [3.05, 3.63) is 17.8 Å². The summed E-state index contributed by atoms with van der Waals surface area (Å²) in [6, 6.07) is 3.64.